The first-order valence-electron chi connectivity index (χ1n) is 4.64. The van der Waals surface area contributed by atoms with Crippen LogP contribution in [0, 0.1) is 0 Å². The first-order valence-corrected chi connectivity index (χ1v) is 4.64. The molecule has 0 heterocycles. The second kappa shape index (κ2) is 4.53. The van der Waals surface area contributed by atoms with E-state index in [1.165, 1.54) is 0 Å². The summed E-state index contributed by atoms with van der Waals surface area (Å²) in [6.07, 6.45) is 0.753. The number of hydrogen-bond donors (Lipinski definition) is 1. The minimum atomic E-state index is -1.27. The highest BCUT2D eigenvalue weighted by molar-refractivity contribution is 5.26. The van der Waals surface area contributed by atoms with Crippen molar-refractivity contribution in [3.8, 4) is 0 Å². The maximum atomic E-state index is 13.5. The third-order valence-corrected chi connectivity index (χ3v) is 2.15. The van der Waals surface area contributed by atoms with Gasteiger partial charge in [0.1, 0.15) is 5.67 Å². The Hall–Kier alpha value is -0.930. The van der Waals surface area contributed by atoms with E-state index in [4.69, 9.17) is 5.90 Å². The van der Waals surface area contributed by atoms with E-state index in [1.54, 1.807) is 26.0 Å². The largest absolute Gasteiger partial charge is 0.304 e. The zero-order valence-electron chi connectivity index (χ0n) is 8.59. The summed E-state index contributed by atoms with van der Waals surface area (Å²) in [6.45, 7) is 3.58. The Morgan fingerprint density at radius 2 is 1.86 bits per heavy atom. The van der Waals surface area contributed by atoms with Crippen LogP contribution in [0.15, 0.2) is 24.3 Å². The second-order valence-corrected chi connectivity index (χ2v) is 3.79. The second-order valence-electron chi connectivity index (χ2n) is 3.79. The maximum absolute atomic E-state index is 13.5. The van der Waals surface area contributed by atoms with Gasteiger partial charge in [0.2, 0.25) is 0 Å². The molecule has 1 aromatic rings. The highest BCUT2D eigenvalue weighted by Crippen LogP contribution is 2.24. The average Bonchev–Trinajstić information content (AvgIpc) is 2.14. The molecule has 0 fully saturated rings. The van der Waals surface area contributed by atoms with Crippen LogP contribution < -0.4 is 5.90 Å². The Balaban J connectivity index is 2.69. The van der Waals surface area contributed by atoms with Crippen molar-refractivity contribution in [3.05, 3.63) is 35.4 Å². The predicted molar refractivity (Wildman–Crippen MR) is 54.4 cm³/mol. The summed E-state index contributed by atoms with van der Waals surface area (Å²) in [5.41, 5.74) is 0.515. The summed E-state index contributed by atoms with van der Waals surface area (Å²) in [6, 6.07) is 7.39. The molecule has 0 saturated heterocycles. The SMILES string of the molecule is CC(C)(F)c1ccc(CCON)cc1. The zero-order valence-corrected chi connectivity index (χ0v) is 8.59. The lowest BCUT2D eigenvalue weighted by molar-refractivity contribution is 0.141. The Labute approximate surface area is 83.8 Å². The van der Waals surface area contributed by atoms with Gasteiger partial charge in [0.25, 0.3) is 0 Å². The fraction of sp³-hybridized carbons (Fsp3) is 0.455. The van der Waals surface area contributed by atoms with Gasteiger partial charge in [-0.2, -0.15) is 0 Å². The molecular weight excluding hydrogens is 181 g/mol. The molecule has 0 unspecified atom stereocenters. The van der Waals surface area contributed by atoms with E-state index in [2.05, 4.69) is 4.84 Å². The highest BCUT2D eigenvalue weighted by Gasteiger charge is 2.17. The molecule has 1 rings (SSSR count). The van der Waals surface area contributed by atoms with Crippen molar-refractivity contribution in [3.63, 3.8) is 0 Å². The Morgan fingerprint density at radius 3 is 2.29 bits per heavy atom. The highest BCUT2D eigenvalue weighted by atomic mass is 19.1. The van der Waals surface area contributed by atoms with Crippen LogP contribution in [-0.2, 0) is 16.9 Å². The van der Waals surface area contributed by atoms with E-state index in [1.807, 2.05) is 12.1 Å². The van der Waals surface area contributed by atoms with Gasteiger partial charge in [0, 0.05) is 0 Å². The molecule has 1 aromatic carbocycles. The molecule has 14 heavy (non-hydrogen) atoms. The Morgan fingerprint density at radius 1 is 1.29 bits per heavy atom. The molecule has 0 radical (unpaired) electrons. The van der Waals surface area contributed by atoms with Gasteiger partial charge in [-0.3, -0.25) is 0 Å². The van der Waals surface area contributed by atoms with Crippen LogP contribution in [-0.4, -0.2) is 6.61 Å². The van der Waals surface area contributed by atoms with Gasteiger partial charge in [0.05, 0.1) is 6.61 Å². The number of nitrogens with two attached hydrogens (primary N) is 1. The Bertz CT molecular complexity index is 276. The van der Waals surface area contributed by atoms with E-state index >= 15 is 0 Å². The van der Waals surface area contributed by atoms with Gasteiger partial charge in [-0.05, 0) is 31.4 Å². The van der Waals surface area contributed by atoms with Crippen LogP contribution >= 0.6 is 0 Å². The van der Waals surface area contributed by atoms with Crippen LogP contribution in [0.3, 0.4) is 0 Å². The maximum Gasteiger partial charge on any atom is 0.130 e. The molecule has 0 aliphatic heterocycles. The quantitative estimate of drug-likeness (QED) is 0.752. The molecule has 0 aliphatic carbocycles. The van der Waals surface area contributed by atoms with Crippen molar-refractivity contribution in [2.45, 2.75) is 25.9 Å². The molecule has 0 aromatic heterocycles. The minimum absolute atomic E-state index is 0.484. The monoisotopic (exact) mass is 197 g/mol. The van der Waals surface area contributed by atoms with E-state index < -0.39 is 5.67 Å². The number of hydrogen-bond acceptors (Lipinski definition) is 2. The fourth-order valence-corrected chi connectivity index (χ4v) is 1.24. The summed E-state index contributed by atoms with van der Waals surface area (Å²) in [4.78, 5) is 4.47. The summed E-state index contributed by atoms with van der Waals surface area (Å²) in [5, 5.41) is 0. The summed E-state index contributed by atoms with van der Waals surface area (Å²) >= 11 is 0. The summed E-state index contributed by atoms with van der Waals surface area (Å²) < 4.78 is 13.5. The Kier molecular flexibility index (Phi) is 3.61. The molecule has 0 atom stereocenters. The molecule has 0 bridgehead atoms. The molecule has 0 amide bonds. The van der Waals surface area contributed by atoms with E-state index in [9.17, 15) is 4.39 Å². The van der Waals surface area contributed by atoms with Gasteiger partial charge >= 0.3 is 0 Å². The van der Waals surface area contributed by atoms with Crippen LogP contribution in [0.2, 0.25) is 0 Å². The third kappa shape index (κ3) is 3.09. The van der Waals surface area contributed by atoms with Gasteiger partial charge in [0.15, 0.2) is 0 Å². The van der Waals surface area contributed by atoms with Crippen LogP contribution in [0.1, 0.15) is 25.0 Å². The number of alkyl halides is 1. The van der Waals surface area contributed by atoms with Crippen molar-refractivity contribution >= 4 is 0 Å². The van der Waals surface area contributed by atoms with Crippen molar-refractivity contribution < 1.29 is 9.23 Å². The van der Waals surface area contributed by atoms with Crippen LogP contribution in [0.4, 0.5) is 4.39 Å². The number of halogens is 1. The average molecular weight is 197 g/mol. The minimum Gasteiger partial charge on any atom is -0.304 e. The fourth-order valence-electron chi connectivity index (χ4n) is 1.24. The lowest BCUT2D eigenvalue weighted by Gasteiger charge is -2.14. The predicted octanol–water partition coefficient (Wildman–Crippen LogP) is 2.32. The van der Waals surface area contributed by atoms with E-state index in [0.29, 0.717) is 12.2 Å². The molecule has 0 saturated carbocycles. The smallest absolute Gasteiger partial charge is 0.130 e. The lowest BCUT2D eigenvalue weighted by Crippen LogP contribution is -2.09. The van der Waals surface area contributed by atoms with Gasteiger partial charge in [-0.25, -0.2) is 10.3 Å². The van der Waals surface area contributed by atoms with Gasteiger partial charge in [-0.15, -0.1) is 0 Å². The third-order valence-electron chi connectivity index (χ3n) is 2.15. The van der Waals surface area contributed by atoms with E-state index in [-0.39, 0.29) is 0 Å². The molecule has 2 N–H and O–H groups in total. The van der Waals surface area contributed by atoms with Crippen LogP contribution in [0.5, 0.6) is 0 Å². The molecule has 0 spiro atoms. The zero-order chi connectivity index (χ0) is 10.6. The molecule has 0 aliphatic rings. The molecule has 78 valence electrons. The van der Waals surface area contributed by atoms with Gasteiger partial charge in [-0.1, -0.05) is 24.3 Å². The first-order chi connectivity index (χ1) is 6.54. The number of rotatable bonds is 4. The molecule has 2 nitrogen and oxygen atoms in total. The first kappa shape index (κ1) is 11.1. The van der Waals surface area contributed by atoms with Crippen LogP contribution in [0.25, 0.3) is 0 Å². The molecule has 3 heteroatoms. The van der Waals surface area contributed by atoms with Gasteiger partial charge < -0.3 is 4.84 Å². The van der Waals surface area contributed by atoms with E-state index in [0.717, 1.165) is 12.0 Å². The van der Waals surface area contributed by atoms with Crippen molar-refractivity contribution in [2.75, 3.05) is 6.61 Å². The van der Waals surface area contributed by atoms with Crippen molar-refractivity contribution in [1.29, 1.82) is 0 Å². The van der Waals surface area contributed by atoms with Crippen molar-refractivity contribution in [2.24, 2.45) is 5.90 Å². The molecular formula is C11H16FNO. The topological polar surface area (TPSA) is 35.2 Å². The lowest BCUT2D eigenvalue weighted by atomic mass is 9.98. The normalized spacial score (nSPS) is 11.7. The standard InChI is InChI=1S/C11H16FNO/c1-11(2,12)10-5-3-9(4-6-10)7-8-14-13/h3-6H,7-8,13H2,1-2H3. The number of benzene rings is 1. The van der Waals surface area contributed by atoms with Crippen molar-refractivity contribution in [1.82, 2.24) is 0 Å². The summed E-state index contributed by atoms with van der Waals surface area (Å²) in [5.74, 6) is 4.92. The summed E-state index contributed by atoms with van der Waals surface area (Å²) in [7, 11) is 0.